The van der Waals surface area contributed by atoms with Gasteiger partial charge in [0.05, 0.1) is 24.8 Å². The van der Waals surface area contributed by atoms with Gasteiger partial charge in [0.25, 0.3) is 0 Å². The lowest BCUT2D eigenvalue weighted by molar-refractivity contribution is -0.139. The second-order valence-electron chi connectivity index (χ2n) is 5.62. The summed E-state index contributed by atoms with van der Waals surface area (Å²) >= 11 is 2.84. The van der Waals surface area contributed by atoms with E-state index in [9.17, 15) is 9.59 Å². The number of hydrogen-bond acceptors (Lipinski definition) is 7. The molecule has 0 bridgehead atoms. The summed E-state index contributed by atoms with van der Waals surface area (Å²) in [4.78, 5) is 25.5. The maximum absolute atomic E-state index is 11.9. The van der Waals surface area contributed by atoms with Crippen molar-refractivity contribution in [3.05, 3.63) is 45.1 Å². The summed E-state index contributed by atoms with van der Waals surface area (Å²) < 4.78 is 15.6. The van der Waals surface area contributed by atoms with Crippen LogP contribution in [0.1, 0.15) is 25.7 Å². The highest BCUT2D eigenvalue weighted by Crippen LogP contribution is 2.31. The maximum atomic E-state index is 11.9. The zero-order valence-electron chi connectivity index (χ0n) is 15.3. The van der Waals surface area contributed by atoms with Crippen molar-refractivity contribution in [1.82, 2.24) is 0 Å². The fourth-order valence-corrected chi connectivity index (χ4v) is 3.94. The van der Waals surface area contributed by atoms with Gasteiger partial charge in [-0.15, -0.1) is 23.1 Å². The van der Waals surface area contributed by atoms with Crippen molar-refractivity contribution in [2.45, 2.75) is 19.6 Å². The molecule has 0 aliphatic heterocycles. The number of carbonyl (C=O) groups excluding carboxylic acids is 2. The highest BCUT2D eigenvalue weighted by molar-refractivity contribution is 7.99. The molecule has 140 valence electrons. The average molecular weight is 395 g/mol. The second-order valence-corrected chi connectivity index (χ2v) is 7.89. The second kappa shape index (κ2) is 9.64. The van der Waals surface area contributed by atoms with Crippen molar-refractivity contribution >= 4 is 34.9 Å². The molecule has 0 N–H and O–H groups in total. The van der Waals surface area contributed by atoms with Gasteiger partial charge in [0, 0.05) is 10.6 Å². The predicted octanol–water partition coefficient (Wildman–Crippen LogP) is 4.04. The Morgan fingerprint density at radius 3 is 2.38 bits per heavy atom. The smallest absolute Gasteiger partial charge is 0.316 e. The van der Waals surface area contributed by atoms with Gasteiger partial charge in [-0.05, 0) is 49.2 Å². The van der Waals surface area contributed by atoms with Crippen LogP contribution < -0.4 is 9.47 Å². The Kier molecular flexibility index (Phi) is 7.53. The van der Waals surface area contributed by atoms with Crippen molar-refractivity contribution in [2.24, 2.45) is 0 Å². The van der Waals surface area contributed by atoms with E-state index in [1.165, 1.54) is 23.1 Å². The van der Waals surface area contributed by atoms with Crippen LogP contribution in [0, 0.1) is 13.8 Å². The van der Waals surface area contributed by atoms with Crippen LogP contribution in [0.15, 0.2) is 24.3 Å². The van der Waals surface area contributed by atoms with Gasteiger partial charge in [0.15, 0.2) is 18.1 Å². The molecular weight excluding hydrogens is 372 g/mol. The molecule has 0 fully saturated rings. The third kappa shape index (κ3) is 5.51. The molecule has 2 aromatic rings. The molecule has 0 saturated heterocycles. The van der Waals surface area contributed by atoms with Crippen molar-refractivity contribution in [1.29, 1.82) is 0 Å². The van der Waals surface area contributed by atoms with Crippen molar-refractivity contribution in [3.8, 4) is 11.5 Å². The Morgan fingerprint density at radius 2 is 1.77 bits per heavy atom. The van der Waals surface area contributed by atoms with Gasteiger partial charge in [0.2, 0.25) is 5.78 Å². The zero-order chi connectivity index (χ0) is 19.1. The molecule has 7 heteroatoms. The number of ketones is 1. The van der Waals surface area contributed by atoms with Crippen LogP contribution in [0.25, 0.3) is 0 Å². The van der Waals surface area contributed by atoms with E-state index < -0.39 is 5.97 Å². The summed E-state index contributed by atoms with van der Waals surface area (Å²) in [5, 5.41) is 0. The first-order chi connectivity index (χ1) is 12.4. The first-order valence-electron chi connectivity index (χ1n) is 7.99. The van der Waals surface area contributed by atoms with E-state index in [2.05, 4.69) is 0 Å². The lowest BCUT2D eigenvalue weighted by atomic mass is 10.1. The van der Waals surface area contributed by atoms with Crippen LogP contribution >= 0.6 is 23.1 Å². The van der Waals surface area contributed by atoms with Crippen LogP contribution in [0.2, 0.25) is 0 Å². The number of rotatable bonds is 9. The lowest BCUT2D eigenvalue weighted by Crippen LogP contribution is -2.14. The number of esters is 1. The first-order valence-corrected chi connectivity index (χ1v) is 9.96. The molecule has 1 aromatic heterocycles. The summed E-state index contributed by atoms with van der Waals surface area (Å²) in [6, 6.07) is 7.45. The van der Waals surface area contributed by atoms with Gasteiger partial charge in [-0.25, -0.2) is 0 Å². The van der Waals surface area contributed by atoms with E-state index in [-0.39, 0.29) is 18.1 Å². The Hall–Kier alpha value is -1.99. The van der Waals surface area contributed by atoms with E-state index >= 15 is 0 Å². The Balaban J connectivity index is 1.80. The van der Waals surface area contributed by atoms with E-state index in [0.717, 1.165) is 16.0 Å². The molecule has 26 heavy (non-hydrogen) atoms. The fraction of sp³-hybridized carbons (Fsp3) is 0.368. The standard InChI is InChI=1S/C19H22O5S2/c1-12-7-16(22-3)17(23-4)8-14(12)10-25-11-19(21)24-9-15(20)18-6-5-13(2)26-18/h5-8H,9-11H2,1-4H3. The molecule has 0 spiro atoms. The molecule has 1 heterocycles. The topological polar surface area (TPSA) is 61.8 Å². The van der Waals surface area contributed by atoms with Gasteiger partial charge in [0.1, 0.15) is 0 Å². The first kappa shape index (κ1) is 20.3. The zero-order valence-corrected chi connectivity index (χ0v) is 16.9. The third-order valence-electron chi connectivity index (χ3n) is 3.70. The summed E-state index contributed by atoms with van der Waals surface area (Å²) in [5.41, 5.74) is 2.12. The maximum Gasteiger partial charge on any atom is 0.316 e. The average Bonchev–Trinajstić information content (AvgIpc) is 3.07. The minimum absolute atomic E-state index is 0.169. The van der Waals surface area contributed by atoms with E-state index in [4.69, 9.17) is 14.2 Å². The van der Waals surface area contributed by atoms with E-state index in [1.54, 1.807) is 20.3 Å². The molecule has 0 aliphatic carbocycles. The molecule has 0 saturated carbocycles. The Labute approximate surface area is 161 Å². The van der Waals surface area contributed by atoms with Crippen LogP contribution in [-0.2, 0) is 15.3 Å². The minimum Gasteiger partial charge on any atom is -0.493 e. The van der Waals surface area contributed by atoms with Gasteiger partial charge in [-0.1, -0.05) is 0 Å². The number of benzene rings is 1. The number of aryl methyl sites for hydroxylation is 2. The molecule has 0 unspecified atom stereocenters. The fourth-order valence-electron chi connectivity index (χ4n) is 2.27. The number of ether oxygens (including phenoxy) is 3. The van der Waals surface area contributed by atoms with Crippen molar-refractivity contribution < 1.29 is 23.8 Å². The normalized spacial score (nSPS) is 10.5. The lowest BCUT2D eigenvalue weighted by Gasteiger charge is -2.12. The van der Waals surface area contributed by atoms with Crippen molar-refractivity contribution in [3.63, 3.8) is 0 Å². The number of carbonyl (C=O) groups is 2. The van der Waals surface area contributed by atoms with Crippen molar-refractivity contribution in [2.75, 3.05) is 26.6 Å². The summed E-state index contributed by atoms with van der Waals surface area (Å²) in [6.45, 7) is 3.70. The highest BCUT2D eigenvalue weighted by atomic mass is 32.2. The summed E-state index contributed by atoms with van der Waals surface area (Å²) in [5.74, 6) is 1.60. The van der Waals surface area contributed by atoms with Gasteiger partial charge >= 0.3 is 5.97 Å². The van der Waals surface area contributed by atoms with Crippen LogP contribution in [-0.4, -0.2) is 38.3 Å². The summed E-state index contributed by atoms with van der Waals surface area (Å²) in [7, 11) is 3.19. The number of Topliss-reactive ketones (excluding diaryl/α,β-unsaturated/α-hetero) is 1. The molecule has 0 radical (unpaired) electrons. The Bertz CT molecular complexity index is 782. The van der Waals surface area contributed by atoms with Gasteiger partial charge < -0.3 is 14.2 Å². The molecule has 0 amide bonds. The molecule has 2 rings (SSSR count). The summed E-state index contributed by atoms with van der Waals surface area (Å²) in [6.07, 6.45) is 0. The van der Waals surface area contributed by atoms with Crippen LogP contribution in [0.4, 0.5) is 0 Å². The van der Waals surface area contributed by atoms with Gasteiger partial charge in [-0.2, -0.15) is 0 Å². The van der Waals surface area contributed by atoms with E-state index in [0.29, 0.717) is 22.1 Å². The monoisotopic (exact) mass is 394 g/mol. The predicted molar refractivity (Wildman–Crippen MR) is 105 cm³/mol. The molecule has 0 atom stereocenters. The van der Waals surface area contributed by atoms with E-state index in [1.807, 2.05) is 32.0 Å². The number of thiophene rings is 1. The molecule has 5 nitrogen and oxygen atoms in total. The quantitative estimate of drug-likeness (QED) is 0.472. The molecule has 1 aromatic carbocycles. The van der Waals surface area contributed by atoms with Gasteiger partial charge in [-0.3, -0.25) is 9.59 Å². The SMILES string of the molecule is COc1cc(C)c(CSCC(=O)OCC(=O)c2ccc(C)s2)cc1OC. The minimum atomic E-state index is -0.394. The molecular formula is C19H22O5S2. The number of methoxy groups -OCH3 is 2. The third-order valence-corrected chi connectivity index (χ3v) is 5.70. The number of thioether (sulfide) groups is 1. The largest absolute Gasteiger partial charge is 0.493 e. The molecule has 0 aliphatic rings. The van der Waals surface area contributed by atoms with Crippen LogP contribution in [0.5, 0.6) is 11.5 Å². The van der Waals surface area contributed by atoms with Crippen LogP contribution in [0.3, 0.4) is 0 Å². The Morgan fingerprint density at radius 1 is 1.08 bits per heavy atom. The highest BCUT2D eigenvalue weighted by Gasteiger charge is 2.13. The number of hydrogen-bond donors (Lipinski definition) is 0.